The van der Waals surface area contributed by atoms with Gasteiger partial charge in [-0.15, -0.1) is 0 Å². The number of ketones is 1. The predicted molar refractivity (Wildman–Crippen MR) is 76.8 cm³/mol. The summed E-state index contributed by atoms with van der Waals surface area (Å²) in [5.41, 5.74) is 0.582. The van der Waals surface area contributed by atoms with E-state index in [4.69, 9.17) is 0 Å². The number of amides is 1. The lowest BCUT2D eigenvalue weighted by Crippen LogP contribution is -2.23. The Labute approximate surface area is 123 Å². The van der Waals surface area contributed by atoms with Gasteiger partial charge in [0.05, 0.1) is 10.6 Å². The first-order valence-corrected chi connectivity index (χ1v) is 7.25. The molecule has 2 aromatic heterocycles. The second-order valence-corrected chi connectivity index (χ2v) is 5.71. The van der Waals surface area contributed by atoms with Crippen LogP contribution in [0.25, 0.3) is 0 Å². The van der Waals surface area contributed by atoms with Crippen LogP contribution in [-0.4, -0.2) is 26.5 Å². The normalized spacial score (nSPS) is 13.9. The van der Waals surface area contributed by atoms with Crippen LogP contribution in [0.4, 0.5) is 5.13 Å². The maximum Gasteiger partial charge on any atom is 0.277 e. The zero-order valence-corrected chi connectivity index (χ0v) is 12.1. The molecule has 1 amide bonds. The summed E-state index contributed by atoms with van der Waals surface area (Å²) in [5.74, 6) is -0.376. The Balaban J connectivity index is 1.83. The molecule has 1 N–H and O–H groups in total. The highest BCUT2D eigenvalue weighted by Gasteiger charge is 2.23. The van der Waals surface area contributed by atoms with Crippen LogP contribution in [-0.2, 0) is 13.5 Å². The quantitative estimate of drug-likeness (QED) is 0.893. The van der Waals surface area contributed by atoms with Gasteiger partial charge in [-0.1, -0.05) is 11.3 Å². The number of fused-ring (bicyclic) bond motifs is 1. The van der Waals surface area contributed by atoms with Crippen LogP contribution in [0.15, 0.2) is 16.9 Å². The van der Waals surface area contributed by atoms with Crippen LogP contribution in [0.3, 0.4) is 0 Å². The molecular formula is C13H12N4O3S. The monoisotopic (exact) mass is 304 g/mol. The second kappa shape index (κ2) is 5.21. The Morgan fingerprint density at radius 3 is 2.86 bits per heavy atom. The second-order valence-electron chi connectivity index (χ2n) is 4.71. The van der Waals surface area contributed by atoms with Crippen molar-refractivity contribution >= 4 is 28.2 Å². The van der Waals surface area contributed by atoms with Gasteiger partial charge in [0.1, 0.15) is 5.69 Å². The minimum absolute atomic E-state index is 0.0782. The summed E-state index contributed by atoms with van der Waals surface area (Å²) in [5, 5.41) is 6.87. The van der Waals surface area contributed by atoms with Crippen molar-refractivity contribution in [2.75, 3.05) is 5.32 Å². The molecule has 3 rings (SSSR count). The van der Waals surface area contributed by atoms with Gasteiger partial charge in [-0.25, -0.2) is 9.67 Å². The molecule has 0 spiro atoms. The van der Waals surface area contributed by atoms with Gasteiger partial charge in [-0.3, -0.25) is 19.7 Å². The van der Waals surface area contributed by atoms with E-state index in [1.165, 1.54) is 30.5 Å². The highest BCUT2D eigenvalue weighted by Crippen LogP contribution is 2.29. The lowest BCUT2D eigenvalue weighted by molar-refractivity contribution is 0.0975. The molecule has 2 aromatic rings. The number of anilines is 1. The summed E-state index contributed by atoms with van der Waals surface area (Å²) in [6.07, 6.45) is 2.09. The van der Waals surface area contributed by atoms with Crippen molar-refractivity contribution in [2.45, 2.75) is 19.3 Å². The molecule has 0 saturated carbocycles. The molecule has 1 aliphatic carbocycles. The number of aryl methyl sites for hydroxylation is 2. The summed E-state index contributed by atoms with van der Waals surface area (Å²) >= 11 is 1.18. The molecule has 0 aliphatic heterocycles. The van der Waals surface area contributed by atoms with Crippen molar-refractivity contribution in [3.05, 3.63) is 38.8 Å². The largest absolute Gasteiger partial charge is 0.296 e. The Kier molecular flexibility index (Phi) is 3.38. The number of hydrogen-bond acceptors (Lipinski definition) is 6. The van der Waals surface area contributed by atoms with Gasteiger partial charge < -0.3 is 0 Å². The van der Waals surface area contributed by atoms with E-state index >= 15 is 0 Å². The Morgan fingerprint density at radius 1 is 1.33 bits per heavy atom. The van der Waals surface area contributed by atoms with E-state index in [2.05, 4.69) is 15.4 Å². The molecule has 0 atom stereocenters. The molecule has 8 heteroatoms. The summed E-state index contributed by atoms with van der Waals surface area (Å²) in [7, 11) is 1.47. The van der Waals surface area contributed by atoms with E-state index in [1.807, 2.05) is 0 Å². The molecule has 2 heterocycles. The highest BCUT2D eigenvalue weighted by molar-refractivity contribution is 7.17. The fourth-order valence-electron chi connectivity index (χ4n) is 2.11. The third-order valence-corrected chi connectivity index (χ3v) is 4.24. The van der Waals surface area contributed by atoms with Gasteiger partial charge in [0.15, 0.2) is 10.9 Å². The number of rotatable bonds is 2. The van der Waals surface area contributed by atoms with E-state index in [1.54, 1.807) is 0 Å². The summed E-state index contributed by atoms with van der Waals surface area (Å²) < 4.78 is 1.09. The highest BCUT2D eigenvalue weighted by atomic mass is 32.1. The number of Topliss-reactive ketones (excluding diaryl/α,β-unsaturated/α-hetero) is 1. The number of aromatic nitrogens is 3. The van der Waals surface area contributed by atoms with Gasteiger partial charge in [0.25, 0.3) is 11.5 Å². The SMILES string of the molecule is Cn1nc(C(=O)Nc2nc3c(s2)C(=O)CCC3)ccc1=O. The van der Waals surface area contributed by atoms with Crippen molar-refractivity contribution in [3.63, 3.8) is 0 Å². The molecule has 7 nitrogen and oxygen atoms in total. The Hall–Kier alpha value is -2.35. The molecular weight excluding hydrogens is 292 g/mol. The number of hydrogen-bond donors (Lipinski definition) is 1. The summed E-state index contributed by atoms with van der Waals surface area (Å²) in [4.78, 5) is 40.0. The van der Waals surface area contributed by atoms with E-state index < -0.39 is 5.91 Å². The Morgan fingerprint density at radius 2 is 2.14 bits per heavy atom. The maximum atomic E-state index is 12.1. The Bertz CT molecular complexity index is 793. The van der Waals surface area contributed by atoms with Crippen molar-refractivity contribution in [1.82, 2.24) is 14.8 Å². The summed E-state index contributed by atoms with van der Waals surface area (Å²) in [6, 6.07) is 2.63. The molecule has 0 fully saturated rings. The maximum absolute atomic E-state index is 12.1. The third-order valence-electron chi connectivity index (χ3n) is 3.18. The van der Waals surface area contributed by atoms with Gasteiger partial charge >= 0.3 is 0 Å². The lowest BCUT2D eigenvalue weighted by Gasteiger charge is -2.05. The number of thiazole rings is 1. The molecule has 0 saturated heterocycles. The van der Waals surface area contributed by atoms with Crippen LogP contribution < -0.4 is 10.9 Å². The minimum Gasteiger partial charge on any atom is -0.296 e. The van der Waals surface area contributed by atoms with Gasteiger partial charge in [-0.05, 0) is 18.9 Å². The van der Waals surface area contributed by atoms with Crippen LogP contribution in [0.2, 0.25) is 0 Å². The van der Waals surface area contributed by atoms with Crippen LogP contribution in [0, 0.1) is 0 Å². The molecule has 0 radical (unpaired) electrons. The van der Waals surface area contributed by atoms with E-state index in [-0.39, 0.29) is 17.0 Å². The standard InChI is InChI=1S/C13H12N4O3S/c1-17-10(19)6-5-8(16-17)12(20)15-13-14-7-3-2-4-9(18)11(7)21-13/h5-6H,2-4H2,1H3,(H,14,15,20). The van der Waals surface area contributed by atoms with Crippen molar-refractivity contribution in [1.29, 1.82) is 0 Å². The average molecular weight is 304 g/mol. The first-order chi connectivity index (χ1) is 10.0. The van der Waals surface area contributed by atoms with Crippen LogP contribution in [0.5, 0.6) is 0 Å². The average Bonchev–Trinajstić information content (AvgIpc) is 2.86. The fourth-order valence-corrected chi connectivity index (χ4v) is 3.08. The van der Waals surface area contributed by atoms with Crippen molar-refractivity contribution < 1.29 is 9.59 Å². The minimum atomic E-state index is -0.454. The van der Waals surface area contributed by atoms with Crippen molar-refractivity contribution in [3.8, 4) is 0 Å². The first kappa shape index (κ1) is 13.6. The third kappa shape index (κ3) is 2.62. The molecule has 1 aliphatic rings. The van der Waals surface area contributed by atoms with Crippen LogP contribution >= 0.6 is 11.3 Å². The topological polar surface area (TPSA) is 93.9 Å². The van der Waals surface area contributed by atoms with E-state index in [0.29, 0.717) is 16.4 Å². The van der Waals surface area contributed by atoms with E-state index in [9.17, 15) is 14.4 Å². The molecule has 21 heavy (non-hydrogen) atoms. The lowest BCUT2D eigenvalue weighted by atomic mass is 10.0. The van der Waals surface area contributed by atoms with Gasteiger partial charge in [-0.2, -0.15) is 5.10 Å². The number of nitrogens with zero attached hydrogens (tertiary/aromatic N) is 3. The smallest absolute Gasteiger partial charge is 0.277 e. The number of carbonyl (C=O) groups is 2. The summed E-state index contributed by atoms with van der Waals surface area (Å²) in [6.45, 7) is 0. The molecule has 0 unspecified atom stereocenters. The van der Waals surface area contributed by atoms with Crippen molar-refractivity contribution in [2.24, 2.45) is 7.05 Å². The number of nitrogens with one attached hydrogen (secondary N) is 1. The zero-order chi connectivity index (χ0) is 15.0. The predicted octanol–water partition coefficient (Wildman–Crippen LogP) is 1.01. The molecule has 0 bridgehead atoms. The first-order valence-electron chi connectivity index (χ1n) is 6.43. The van der Waals surface area contributed by atoms with Gasteiger partial charge in [0, 0.05) is 19.5 Å². The number of carbonyl (C=O) groups excluding carboxylic acids is 2. The molecule has 0 aromatic carbocycles. The fraction of sp³-hybridized carbons (Fsp3) is 0.308. The van der Waals surface area contributed by atoms with Gasteiger partial charge in [0.2, 0.25) is 0 Å². The van der Waals surface area contributed by atoms with Crippen LogP contribution in [0.1, 0.15) is 38.7 Å². The molecule has 108 valence electrons. The van der Waals surface area contributed by atoms with E-state index in [0.717, 1.165) is 23.2 Å². The zero-order valence-electron chi connectivity index (χ0n) is 11.3.